The summed E-state index contributed by atoms with van der Waals surface area (Å²) < 4.78 is 17.1. The van der Waals surface area contributed by atoms with E-state index in [1.165, 1.54) is 0 Å². The Hall–Kier alpha value is -2.54. The number of hydrogen-bond donors (Lipinski definition) is 1. The predicted octanol–water partition coefficient (Wildman–Crippen LogP) is 4.50. The first-order valence-corrected chi connectivity index (χ1v) is 9.85. The Morgan fingerprint density at radius 2 is 1.79 bits per heavy atom. The van der Waals surface area contributed by atoms with Crippen LogP contribution in [0.3, 0.4) is 0 Å². The zero-order valence-corrected chi connectivity index (χ0v) is 17.6. The van der Waals surface area contributed by atoms with Gasteiger partial charge in [0, 0.05) is 16.6 Å². The van der Waals surface area contributed by atoms with E-state index in [9.17, 15) is 9.59 Å². The Kier molecular flexibility index (Phi) is 8.81. The Labute approximate surface area is 173 Å². The van der Waals surface area contributed by atoms with Gasteiger partial charge < -0.3 is 19.5 Å². The third-order valence-electron chi connectivity index (χ3n) is 3.76. The Morgan fingerprint density at radius 1 is 1.07 bits per heavy atom. The Balaban J connectivity index is 1.66. The van der Waals surface area contributed by atoms with Crippen LogP contribution in [0.4, 0.5) is 5.69 Å². The number of amides is 1. The maximum atomic E-state index is 11.9. The number of aryl methyl sites for hydroxylation is 1. The molecule has 7 heteroatoms. The van der Waals surface area contributed by atoms with Gasteiger partial charge in [0.15, 0.2) is 18.1 Å². The van der Waals surface area contributed by atoms with E-state index in [1.54, 1.807) is 6.07 Å². The highest BCUT2D eigenvalue weighted by Crippen LogP contribution is 2.26. The molecule has 0 bridgehead atoms. The molecule has 1 amide bonds. The van der Waals surface area contributed by atoms with Crippen molar-refractivity contribution >= 4 is 33.5 Å². The van der Waals surface area contributed by atoms with Gasteiger partial charge >= 0.3 is 5.97 Å². The number of hydrogen-bond acceptors (Lipinski definition) is 5. The second-order valence-electron chi connectivity index (χ2n) is 6.00. The normalized spacial score (nSPS) is 10.2. The van der Waals surface area contributed by atoms with Crippen LogP contribution in [0.1, 0.15) is 25.3 Å². The molecular formula is C21H24BrNO5. The minimum atomic E-state index is -0.440. The fraction of sp³-hybridized carbons (Fsp3) is 0.333. The van der Waals surface area contributed by atoms with Crippen molar-refractivity contribution in [3.63, 3.8) is 0 Å². The Bertz CT molecular complexity index is 809. The molecule has 6 nitrogen and oxygen atoms in total. The van der Waals surface area contributed by atoms with Crippen LogP contribution in [-0.4, -0.2) is 31.7 Å². The summed E-state index contributed by atoms with van der Waals surface area (Å²) in [4.78, 5) is 23.7. The molecule has 2 aromatic rings. The fourth-order valence-corrected chi connectivity index (χ4v) is 2.89. The molecule has 0 radical (unpaired) electrons. The molecule has 0 spiro atoms. The van der Waals surface area contributed by atoms with E-state index in [4.69, 9.17) is 14.2 Å². The lowest BCUT2D eigenvalue weighted by atomic mass is 10.2. The topological polar surface area (TPSA) is 73.9 Å². The van der Waals surface area contributed by atoms with Crippen molar-refractivity contribution < 1.29 is 23.8 Å². The highest BCUT2D eigenvalue weighted by Gasteiger charge is 2.10. The van der Waals surface area contributed by atoms with Crippen LogP contribution in [0.25, 0.3) is 0 Å². The second kappa shape index (κ2) is 11.3. The van der Waals surface area contributed by atoms with Crippen LogP contribution < -0.4 is 14.8 Å². The van der Waals surface area contributed by atoms with E-state index in [0.29, 0.717) is 36.8 Å². The van der Waals surface area contributed by atoms with E-state index in [-0.39, 0.29) is 18.9 Å². The number of para-hydroxylation sites is 2. The minimum Gasteiger partial charge on any atom is -0.490 e. The van der Waals surface area contributed by atoms with Gasteiger partial charge in [0.25, 0.3) is 5.91 Å². The Morgan fingerprint density at radius 3 is 2.46 bits per heavy atom. The third kappa shape index (κ3) is 7.23. The molecule has 0 unspecified atom stereocenters. The number of carbonyl (C=O) groups excluding carboxylic acids is 2. The van der Waals surface area contributed by atoms with Crippen LogP contribution in [-0.2, 0) is 14.3 Å². The molecular weight excluding hydrogens is 426 g/mol. The summed E-state index contributed by atoms with van der Waals surface area (Å²) in [6, 6.07) is 12.9. The van der Waals surface area contributed by atoms with E-state index in [1.807, 2.05) is 50.2 Å². The molecule has 0 atom stereocenters. The van der Waals surface area contributed by atoms with Crippen molar-refractivity contribution in [2.45, 2.75) is 26.7 Å². The van der Waals surface area contributed by atoms with Gasteiger partial charge in [-0.3, -0.25) is 9.59 Å². The van der Waals surface area contributed by atoms with Gasteiger partial charge in [-0.25, -0.2) is 0 Å². The quantitative estimate of drug-likeness (QED) is 0.426. The van der Waals surface area contributed by atoms with Crippen molar-refractivity contribution in [3.05, 3.63) is 52.5 Å². The maximum Gasteiger partial charge on any atom is 0.306 e. The lowest BCUT2D eigenvalue weighted by Gasteiger charge is -2.11. The molecule has 150 valence electrons. The van der Waals surface area contributed by atoms with Gasteiger partial charge in [-0.05, 0) is 56.2 Å². The average molecular weight is 450 g/mol. The summed E-state index contributed by atoms with van der Waals surface area (Å²) >= 11 is 3.37. The molecule has 0 aliphatic heterocycles. The van der Waals surface area contributed by atoms with Gasteiger partial charge in [-0.1, -0.05) is 28.1 Å². The van der Waals surface area contributed by atoms with Crippen molar-refractivity contribution in [1.29, 1.82) is 0 Å². The van der Waals surface area contributed by atoms with Crippen LogP contribution in [0.5, 0.6) is 11.5 Å². The number of carbonyl (C=O) groups is 2. The van der Waals surface area contributed by atoms with Gasteiger partial charge in [0.05, 0.1) is 13.2 Å². The SMILES string of the molecule is CCOc1ccccc1OCCCC(=O)OCC(=O)Nc1ccc(Br)cc1C. The molecule has 0 heterocycles. The number of esters is 1. The van der Waals surface area contributed by atoms with Gasteiger partial charge in [0.1, 0.15) is 0 Å². The van der Waals surface area contributed by atoms with E-state index in [0.717, 1.165) is 10.0 Å². The van der Waals surface area contributed by atoms with Crippen LogP contribution >= 0.6 is 15.9 Å². The van der Waals surface area contributed by atoms with E-state index < -0.39 is 5.97 Å². The van der Waals surface area contributed by atoms with Crippen molar-refractivity contribution in [2.75, 3.05) is 25.1 Å². The molecule has 0 saturated carbocycles. The molecule has 2 rings (SSSR count). The minimum absolute atomic E-state index is 0.168. The summed E-state index contributed by atoms with van der Waals surface area (Å²) in [5.41, 5.74) is 1.60. The second-order valence-corrected chi connectivity index (χ2v) is 6.92. The van der Waals surface area contributed by atoms with Crippen molar-refractivity contribution in [1.82, 2.24) is 0 Å². The van der Waals surface area contributed by atoms with Crippen LogP contribution in [0.2, 0.25) is 0 Å². The smallest absolute Gasteiger partial charge is 0.306 e. The molecule has 0 aliphatic rings. The number of rotatable bonds is 10. The van der Waals surface area contributed by atoms with E-state index >= 15 is 0 Å². The first-order chi connectivity index (χ1) is 13.5. The molecule has 0 aromatic heterocycles. The fourth-order valence-electron chi connectivity index (χ4n) is 2.41. The van der Waals surface area contributed by atoms with Crippen molar-refractivity contribution in [3.8, 4) is 11.5 Å². The third-order valence-corrected chi connectivity index (χ3v) is 4.25. The molecule has 0 saturated heterocycles. The maximum absolute atomic E-state index is 11.9. The number of halogens is 1. The van der Waals surface area contributed by atoms with E-state index in [2.05, 4.69) is 21.2 Å². The molecule has 0 aliphatic carbocycles. The first-order valence-electron chi connectivity index (χ1n) is 9.06. The zero-order valence-electron chi connectivity index (χ0n) is 16.0. The molecule has 0 fully saturated rings. The van der Waals surface area contributed by atoms with Crippen LogP contribution in [0, 0.1) is 6.92 Å². The summed E-state index contributed by atoms with van der Waals surface area (Å²) in [6.07, 6.45) is 0.647. The monoisotopic (exact) mass is 449 g/mol. The zero-order chi connectivity index (χ0) is 20.4. The van der Waals surface area contributed by atoms with Gasteiger partial charge in [-0.15, -0.1) is 0 Å². The molecule has 1 N–H and O–H groups in total. The lowest BCUT2D eigenvalue weighted by molar-refractivity contribution is -0.147. The summed E-state index contributed by atoms with van der Waals surface area (Å²) in [5, 5.41) is 2.72. The number of nitrogens with one attached hydrogen (secondary N) is 1. The average Bonchev–Trinajstić information content (AvgIpc) is 2.67. The molecule has 28 heavy (non-hydrogen) atoms. The summed E-state index contributed by atoms with van der Waals surface area (Å²) in [7, 11) is 0. The van der Waals surface area contributed by atoms with Gasteiger partial charge in [-0.2, -0.15) is 0 Å². The molecule has 2 aromatic carbocycles. The first kappa shape index (κ1) is 21.8. The van der Waals surface area contributed by atoms with Crippen molar-refractivity contribution in [2.24, 2.45) is 0 Å². The number of ether oxygens (including phenoxy) is 3. The largest absolute Gasteiger partial charge is 0.490 e. The standard InChI is InChI=1S/C21H24BrNO5/c1-3-26-18-7-4-5-8-19(18)27-12-6-9-21(25)28-14-20(24)23-17-11-10-16(22)13-15(17)2/h4-5,7-8,10-11,13H,3,6,9,12,14H2,1-2H3,(H,23,24). The number of benzene rings is 2. The summed E-state index contributed by atoms with van der Waals surface area (Å²) in [5.74, 6) is 0.500. The number of anilines is 1. The van der Waals surface area contributed by atoms with Crippen LogP contribution in [0.15, 0.2) is 46.9 Å². The van der Waals surface area contributed by atoms with Gasteiger partial charge in [0.2, 0.25) is 0 Å². The highest BCUT2D eigenvalue weighted by atomic mass is 79.9. The summed E-state index contributed by atoms with van der Waals surface area (Å²) in [6.45, 7) is 4.37. The highest BCUT2D eigenvalue weighted by molar-refractivity contribution is 9.10. The predicted molar refractivity (Wildman–Crippen MR) is 111 cm³/mol. The lowest BCUT2D eigenvalue weighted by Crippen LogP contribution is -2.21.